The van der Waals surface area contributed by atoms with Crippen LogP contribution in [0.1, 0.15) is 6.42 Å². The molecule has 0 aromatic heterocycles. The lowest BCUT2D eigenvalue weighted by molar-refractivity contribution is 0.194. The zero-order chi connectivity index (χ0) is 14.3. The van der Waals surface area contributed by atoms with Gasteiger partial charge in [0.15, 0.2) is 0 Å². The summed E-state index contributed by atoms with van der Waals surface area (Å²) in [4.78, 5) is 11.6. The highest BCUT2D eigenvalue weighted by Crippen LogP contribution is 2.16. The molecule has 0 saturated carbocycles. The first-order chi connectivity index (χ1) is 9.04. The van der Waals surface area contributed by atoms with E-state index < -0.39 is 22.6 Å². The normalized spacial score (nSPS) is 11.9. The van der Waals surface area contributed by atoms with Crippen LogP contribution >= 0.6 is 0 Å². The molecule has 1 aromatic rings. The highest BCUT2D eigenvalue weighted by molar-refractivity contribution is 7.84. The maximum absolute atomic E-state index is 13.5. The van der Waals surface area contributed by atoms with E-state index in [1.165, 1.54) is 18.4 Å². The number of carbonyl (C=O) groups is 1. The minimum absolute atomic E-state index is 0.117. The van der Waals surface area contributed by atoms with Gasteiger partial charge in [-0.2, -0.15) is 0 Å². The third kappa shape index (κ3) is 5.35. The van der Waals surface area contributed by atoms with Crippen LogP contribution in [0, 0.1) is 5.82 Å². The van der Waals surface area contributed by atoms with Gasteiger partial charge in [0.2, 0.25) is 0 Å². The Kier molecular flexibility index (Phi) is 6.44. The Hall–Kier alpha value is -1.47. The molecule has 0 aliphatic carbocycles. The van der Waals surface area contributed by atoms with Gasteiger partial charge < -0.3 is 15.4 Å². The number of hydrogen-bond acceptors (Lipinski definition) is 3. The van der Waals surface area contributed by atoms with E-state index in [0.717, 1.165) is 6.07 Å². The van der Waals surface area contributed by atoms with E-state index in [-0.39, 0.29) is 4.90 Å². The van der Waals surface area contributed by atoms with Gasteiger partial charge in [0, 0.05) is 32.2 Å². The number of urea groups is 1. The Morgan fingerprint density at radius 1 is 1.47 bits per heavy atom. The maximum atomic E-state index is 13.5. The summed E-state index contributed by atoms with van der Waals surface area (Å²) in [6.07, 6.45) is 2.10. The molecule has 0 radical (unpaired) electrons. The summed E-state index contributed by atoms with van der Waals surface area (Å²) in [5.41, 5.74) is 0.316. The fraction of sp³-hybridized carbons (Fsp3) is 0.417. The zero-order valence-electron chi connectivity index (χ0n) is 10.9. The number of hydrogen-bond donors (Lipinski definition) is 2. The number of amides is 2. The number of ether oxygens (including phenoxy) is 1. The SMILES string of the molecule is COCCCNC(=O)Nc1ccc([S@](C)=O)c(F)c1. The Labute approximate surface area is 114 Å². The molecule has 106 valence electrons. The van der Waals surface area contributed by atoms with Crippen LogP contribution in [0.25, 0.3) is 0 Å². The van der Waals surface area contributed by atoms with Crippen LogP contribution < -0.4 is 10.6 Å². The van der Waals surface area contributed by atoms with Crippen LogP contribution in [0.15, 0.2) is 23.1 Å². The summed E-state index contributed by atoms with van der Waals surface area (Å²) in [5.74, 6) is -0.599. The van der Waals surface area contributed by atoms with Gasteiger partial charge in [-0.05, 0) is 24.6 Å². The van der Waals surface area contributed by atoms with Crippen molar-refractivity contribution >= 4 is 22.5 Å². The number of methoxy groups -OCH3 is 1. The fourth-order valence-corrected chi connectivity index (χ4v) is 2.00. The monoisotopic (exact) mass is 288 g/mol. The average molecular weight is 288 g/mol. The van der Waals surface area contributed by atoms with Gasteiger partial charge in [-0.25, -0.2) is 9.18 Å². The minimum Gasteiger partial charge on any atom is -0.385 e. The lowest BCUT2D eigenvalue weighted by Gasteiger charge is -2.08. The zero-order valence-corrected chi connectivity index (χ0v) is 11.7. The van der Waals surface area contributed by atoms with E-state index in [2.05, 4.69) is 10.6 Å². The molecule has 0 aliphatic rings. The molecule has 0 heterocycles. The van der Waals surface area contributed by atoms with Crippen molar-refractivity contribution in [3.63, 3.8) is 0 Å². The highest BCUT2D eigenvalue weighted by atomic mass is 32.2. The van der Waals surface area contributed by atoms with E-state index in [1.807, 2.05) is 0 Å². The molecule has 1 atom stereocenters. The Morgan fingerprint density at radius 3 is 2.79 bits per heavy atom. The second kappa shape index (κ2) is 7.85. The molecule has 0 saturated heterocycles. The quantitative estimate of drug-likeness (QED) is 0.783. The van der Waals surface area contributed by atoms with Crippen LogP contribution in [0.3, 0.4) is 0 Å². The van der Waals surface area contributed by atoms with Gasteiger partial charge in [-0.3, -0.25) is 4.21 Å². The second-order valence-electron chi connectivity index (χ2n) is 3.83. The minimum atomic E-state index is -1.39. The fourth-order valence-electron chi connectivity index (χ4n) is 1.41. The lowest BCUT2D eigenvalue weighted by Crippen LogP contribution is -2.30. The van der Waals surface area contributed by atoms with E-state index in [1.54, 1.807) is 7.11 Å². The number of anilines is 1. The van der Waals surface area contributed by atoms with Gasteiger partial charge in [0.25, 0.3) is 0 Å². The second-order valence-corrected chi connectivity index (χ2v) is 5.17. The summed E-state index contributed by atoms with van der Waals surface area (Å²) in [7, 11) is 0.199. The van der Waals surface area contributed by atoms with Crippen molar-refractivity contribution in [2.24, 2.45) is 0 Å². The highest BCUT2D eigenvalue weighted by Gasteiger charge is 2.08. The molecule has 0 unspecified atom stereocenters. The number of rotatable bonds is 6. The van der Waals surface area contributed by atoms with E-state index >= 15 is 0 Å². The van der Waals surface area contributed by atoms with Gasteiger partial charge in [0.05, 0.1) is 15.7 Å². The van der Waals surface area contributed by atoms with E-state index in [4.69, 9.17) is 4.74 Å². The summed E-state index contributed by atoms with van der Waals surface area (Å²) in [5, 5.41) is 5.11. The molecular formula is C12H17FN2O3S. The largest absolute Gasteiger partial charge is 0.385 e. The first-order valence-electron chi connectivity index (χ1n) is 5.71. The molecule has 0 fully saturated rings. The first-order valence-corrected chi connectivity index (χ1v) is 7.27. The summed E-state index contributed by atoms with van der Waals surface area (Å²) in [6, 6.07) is 3.63. The van der Waals surface area contributed by atoms with Crippen LogP contribution in [0.2, 0.25) is 0 Å². The number of halogens is 1. The number of benzene rings is 1. The van der Waals surface area contributed by atoms with Crippen LogP contribution in [0.4, 0.5) is 14.9 Å². The summed E-state index contributed by atoms with van der Waals surface area (Å²) in [6.45, 7) is 1.03. The Bertz CT molecular complexity index is 468. The van der Waals surface area contributed by atoms with Crippen molar-refractivity contribution < 1.29 is 18.1 Å². The van der Waals surface area contributed by atoms with Crippen LogP contribution in [-0.4, -0.2) is 36.8 Å². The smallest absolute Gasteiger partial charge is 0.319 e. The molecule has 2 N–H and O–H groups in total. The lowest BCUT2D eigenvalue weighted by atomic mass is 10.3. The van der Waals surface area contributed by atoms with Crippen molar-refractivity contribution in [1.82, 2.24) is 5.32 Å². The predicted octanol–water partition coefficient (Wildman–Crippen LogP) is 1.72. The topological polar surface area (TPSA) is 67.4 Å². The molecule has 7 heteroatoms. The van der Waals surface area contributed by atoms with E-state index in [0.29, 0.717) is 25.3 Å². The van der Waals surface area contributed by atoms with Crippen molar-refractivity contribution in [2.45, 2.75) is 11.3 Å². The third-order valence-electron chi connectivity index (χ3n) is 2.31. The molecule has 1 aromatic carbocycles. The number of carbonyl (C=O) groups excluding carboxylic acids is 1. The predicted molar refractivity (Wildman–Crippen MR) is 72.2 cm³/mol. The molecule has 19 heavy (non-hydrogen) atoms. The van der Waals surface area contributed by atoms with Crippen molar-refractivity contribution in [3.05, 3.63) is 24.0 Å². The van der Waals surface area contributed by atoms with Gasteiger partial charge in [-0.15, -0.1) is 0 Å². The van der Waals surface area contributed by atoms with Crippen LogP contribution in [-0.2, 0) is 15.5 Å². The molecule has 0 bridgehead atoms. The first kappa shape index (κ1) is 15.6. The molecule has 2 amide bonds. The summed E-state index contributed by atoms with van der Waals surface area (Å²) < 4.78 is 29.5. The van der Waals surface area contributed by atoms with Crippen molar-refractivity contribution in [2.75, 3.05) is 31.8 Å². The Morgan fingerprint density at radius 2 is 2.21 bits per heavy atom. The molecule has 0 aliphatic heterocycles. The van der Waals surface area contributed by atoms with Gasteiger partial charge >= 0.3 is 6.03 Å². The molecule has 0 spiro atoms. The molecule has 5 nitrogen and oxygen atoms in total. The molecular weight excluding hydrogens is 271 g/mol. The summed E-state index contributed by atoms with van der Waals surface area (Å²) >= 11 is 0. The van der Waals surface area contributed by atoms with Crippen molar-refractivity contribution in [3.8, 4) is 0 Å². The van der Waals surface area contributed by atoms with Crippen LogP contribution in [0.5, 0.6) is 0 Å². The standard InChI is InChI=1S/C12H17FN2O3S/c1-18-7-3-6-14-12(16)15-9-4-5-11(19(2)17)10(13)8-9/h4-5,8H,3,6-7H2,1-2H3,(H2,14,15,16)/t19-/m0/s1. The van der Waals surface area contributed by atoms with Gasteiger partial charge in [-0.1, -0.05) is 0 Å². The van der Waals surface area contributed by atoms with E-state index in [9.17, 15) is 13.4 Å². The average Bonchev–Trinajstić information content (AvgIpc) is 2.34. The molecule has 1 rings (SSSR count). The maximum Gasteiger partial charge on any atom is 0.319 e. The third-order valence-corrected chi connectivity index (χ3v) is 3.26. The van der Waals surface area contributed by atoms with Gasteiger partial charge in [0.1, 0.15) is 5.82 Å². The number of nitrogens with one attached hydrogen (secondary N) is 2. The Balaban J connectivity index is 2.51. The van der Waals surface area contributed by atoms with Crippen molar-refractivity contribution in [1.29, 1.82) is 0 Å².